The van der Waals surface area contributed by atoms with Gasteiger partial charge in [0.1, 0.15) is 5.75 Å². The van der Waals surface area contributed by atoms with Gasteiger partial charge in [-0.1, -0.05) is 52.2 Å². The minimum absolute atomic E-state index is 0.560. The van der Waals surface area contributed by atoms with Crippen LogP contribution in [0.2, 0.25) is 0 Å². The highest BCUT2D eigenvalue weighted by Gasteiger charge is 2.08. The van der Waals surface area contributed by atoms with Crippen LogP contribution in [-0.2, 0) is 6.54 Å². The van der Waals surface area contributed by atoms with Crippen LogP contribution >= 0.6 is 0 Å². The predicted molar refractivity (Wildman–Crippen MR) is 87.2 cm³/mol. The molecule has 2 unspecified atom stereocenters. The molecule has 0 aliphatic carbocycles. The molecule has 0 heterocycles. The Kier molecular flexibility index (Phi) is 8.36. The normalized spacial score (nSPS) is 14.0. The first kappa shape index (κ1) is 17.0. The van der Waals surface area contributed by atoms with E-state index in [4.69, 9.17) is 4.74 Å². The summed E-state index contributed by atoms with van der Waals surface area (Å²) in [6.45, 7) is 10.8. The maximum atomic E-state index is 5.72. The first-order valence-electron chi connectivity index (χ1n) is 8.12. The Morgan fingerprint density at radius 3 is 2.35 bits per heavy atom. The fourth-order valence-corrected chi connectivity index (χ4v) is 2.08. The van der Waals surface area contributed by atoms with E-state index in [1.165, 1.54) is 24.8 Å². The number of unbranched alkanes of at least 4 members (excludes halogenated alkanes) is 2. The van der Waals surface area contributed by atoms with E-state index in [0.717, 1.165) is 31.2 Å². The summed E-state index contributed by atoms with van der Waals surface area (Å²) in [6.07, 6.45) is 4.85. The molecule has 1 aromatic rings. The number of nitrogens with one attached hydrogen (secondary N) is 1. The lowest BCUT2D eigenvalue weighted by molar-refractivity contribution is 0.306. The lowest BCUT2D eigenvalue weighted by Gasteiger charge is -2.20. The van der Waals surface area contributed by atoms with Crippen molar-refractivity contribution in [1.29, 1.82) is 0 Å². The number of hydrogen-bond donors (Lipinski definition) is 1. The fourth-order valence-electron chi connectivity index (χ4n) is 2.08. The Morgan fingerprint density at radius 1 is 1.05 bits per heavy atom. The first-order valence-corrected chi connectivity index (χ1v) is 8.12. The molecule has 0 radical (unpaired) electrons. The van der Waals surface area contributed by atoms with Crippen LogP contribution in [0, 0.1) is 5.92 Å². The van der Waals surface area contributed by atoms with Gasteiger partial charge in [-0.3, -0.25) is 0 Å². The predicted octanol–water partition coefficient (Wildman–Crippen LogP) is 4.78. The van der Waals surface area contributed by atoms with Crippen LogP contribution in [0.3, 0.4) is 0 Å². The molecule has 1 aromatic carbocycles. The van der Waals surface area contributed by atoms with Gasteiger partial charge in [-0.05, 0) is 37.0 Å². The highest BCUT2D eigenvalue weighted by Crippen LogP contribution is 2.14. The molecule has 0 bridgehead atoms. The molecule has 2 heteroatoms. The van der Waals surface area contributed by atoms with Gasteiger partial charge in [-0.2, -0.15) is 0 Å². The minimum Gasteiger partial charge on any atom is -0.494 e. The van der Waals surface area contributed by atoms with Crippen molar-refractivity contribution >= 4 is 0 Å². The van der Waals surface area contributed by atoms with Crippen LogP contribution in [0.25, 0.3) is 0 Å². The SMILES string of the molecule is CCCCCOc1ccc(CNC(C)C(C)CC)cc1. The van der Waals surface area contributed by atoms with Gasteiger partial charge >= 0.3 is 0 Å². The van der Waals surface area contributed by atoms with E-state index in [0.29, 0.717) is 6.04 Å². The van der Waals surface area contributed by atoms with Crippen molar-refractivity contribution in [3.05, 3.63) is 29.8 Å². The van der Waals surface area contributed by atoms with Crippen molar-refractivity contribution in [2.75, 3.05) is 6.61 Å². The van der Waals surface area contributed by atoms with E-state index in [1.807, 2.05) is 0 Å². The average Bonchev–Trinajstić information content (AvgIpc) is 2.49. The van der Waals surface area contributed by atoms with Gasteiger partial charge < -0.3 is 10.1 Å². The Labute approximate surface area is 124 Å². The molecule has 2 atom stereocenters. The maximum Gasteiger partial charge on any atom is 0.119 e. The summed E-state index contributed by atoms with van der Waals surface area (Å²) in [7, 11) is 0. The molecular formula is C18H31NO. The standard InChI is InChI=1S/C18H31NO/c1-5-7-8-13-20-18-11-9-17(10-12-18)14-19-16(4)15(3)6-2/h9-12,15-16,19H,5-8,13-14H2,1-4H3. The summed E-state index contributed by atoms with van der Waals surface area (Å²) in [6, 6.07) is 9.04. The molecule has 0 aliphatic heterocycles. The largest absolute Gasteiger partial charge is 0.494 e. The van der Waals surface area contributed by atoms with Crippen LogP contribution in [0.1, 0.15) is 58.9 Å². The Bertz CT molecular complexity index is 347. The van der Waals surface area contributed by atoms with E-state index in [-0.39, 0.29) is 0 Å². The average molecular weight is 277 g/mol. The number of hydrogen-bond acceptors (Lipinski definition) is 2. The van der Waals surface area contributed by atoms with Crippen molar-refractivity contribution in [2.24, 2.45) is 5.92 Å². The molecule has 0 spiro atoms. The van der Waals surface area contributed by atoms with Crippen molar-refractivity contribution in [3.63, 3.8) is 0 Å². The third kappa shape index (κ3) is 6.42. The van der Waals surface area contributed by atoms with Crippen LogP contribution in [0.5, 0.6) is 5.75 Å². The van der Waals surface area contributed by atoms with Gasteiger partial charge in [0.2, 0.25) is 0 Å². The Morgan fingerprint density at radius 2 is 1.75 bits per heavy atom. The molecule has 20 heavy (non-hydrogen) atoms. The first-order chi connectivity index (χ1) is 9.67. The zero-order chi connectivity index (χ0) is 14.8. The summed E-state index contributed by atoms with van der Waals surface area (Å²) >= 11 is 0. The lowest BCUT2D eigenvalue weighted by Crippen LogP contribution is -2.31. The molecule has 0 aliphatic rings. The summed E-state index contributed by atoms with van der Waals surface area (Å²) in [5, 5.41) is 3.59. The zero-order valence-electron chi connectivity index (χ0n) is 13.6. The molecule has 1 rings (SSSR count). The van der Waals surface area contributed by atoms with Crippen molar-refractivity contribution in [3.8, 4) is 5.75 Å². The molecule has 2 nitrogen and oxygen atoms in total. The topological polar surface area (TPSA) is 21.3 Å². The highest BCUT2D eigenvalue weighted by molar-refractivity contribution is 5.27. The number of ether oxygens (including phenoxy) is 1. The van der Waals surface area contributed by atoms with Gasteiger partial charge in [-0.15, -0.1) is 0 Å². The summed E-state index contributed by atoms with van der Waals surface area (Å²) in [4.78, 5) is 0. The van der Waals surface area contributed by atoms with Gasteiger partial charge in [0, 0.05) is 12.6 Å². The quantitative estimate of drug-likeness (QED) is 0.621. The van der Waals surface area contributed by atoms with E-state index in [2.05, 4.69) is 57.3 Å². The van der Waals surface area contributed by atoms with Gasteiger partial charge in [0.25, 0.3) is 0 Å². The van der Waals surface area contributed by atoms with E-state index in [1.54, 1.807) is 0 Å². The van der Waals surface area contributed by atoms with E-state index >= 15 is 0 Å². The molecule has 0 fully saturated rings. The molecule has 0 aromatic heterocycles. The molecule has 0 amide bonds. The summed E-state index contributed by atoms with van der Waals surface area (Å²) in [5.74, 6) is 1.70. The Hall–Kier alpha value is -1.02. The van der Waals surface area contributed by atoms with Crippen molar-refractivity contribution in [1.82, 2.24) is 5.32 Å². The second kappa shape index (κ2) is 9.82. The van der Waals surface area contributed by atoms with Crippen LogP contribution in [0.4, 0.5) is 0 Å². The third-order valence-corrected chi connectivity index (χ3v) is 4.07. The smallest absolute Gasteiger partial charge is 0.119 e. The van der Waals surface area contributed by atoms with Gasteiger partial charge in [0.05, 0.1) is 6.61 Å². The second-order valence-corrected chi connectivity index (χ2v) is 5.75. The van der Waals surface area contributed by atoms with Crippen molar-refractivity contribution in [2.45, 2.75) is 66.0 Å². The van der Waals surface area contributed by atoms with Crippen LogP contribution in [0.15, 0.2) is 24.3 Å². The molecule has 0 saturated heterocycles. The number of rotatable bonds is 10. The van der Waals surface area contributed by atoms with Crippen LogP contribution in [-0.4, -0.2) is 12.6 Å². The number of benzene rings is 1. The van der Waals surface area contributed by atoms with E-state index < -0.39 is 0 Å². The van der Waals surface area contributed by atoms with E-state index in [9.17, 15) is 0 Å². The molecule has 114 valence electrons. The second-order valence-electron chi connectivity index (χ2n) is 5.75. The van der Waals surface area contributed by atoms with Gasteiger partial charge in [-0.25, -0.2) is 0 Å². The lowest BCUT2D eigenvalue weighted by atomic mass is 10.0. The fraction of sp³-hybridized carbons (Fsp3) is 0.667. The monoisotopic (exact) mass is 277 g/mol. The highest BCUT2D eigenvalue weighted by atomic mass is 16.5. The zero-order valence-corrected chi connectivity index (χ0v) is 13.6. The molecular weight excluding hydrogens is 246 g/mol. The van der Waals surface area contributed by atoms with Crippen molar-refractivity contribution < 1.29 is 4.74 Å². The molecule has 1 N–H and O–H groups in total. The van der Waals surface area contributed by atoms with Crippen LogP contribution < -0.4 is 10.1 Å². The Balaban J connectivity index is 2.31. The summed E-state index contributed by atoms with van der Waals surface area (Å²) < 4.78 is 5.72. The van der Waals surface area contributed by atoms with Gasteiger partial charge in [0.15, 0.2) is 0 Å². The summed E-state index contributed by atoms with van der Waals surface area (Å²) in [5.41, 5.74) is 1.32. The molecule has 0 saturated carbocycles. The maximum absolute atomic E-state index is 5.72. The minimum atomic E-state index is 0.560. The third-order valence-electron chi connectivity index (χ3n) is 4.07.